The van der Waals surface area contributed by atoms with Gasteiger partial charge in [-0.25, -0.2) is 9.97 Å². The molecule has 3 rings (SSSR count). The smallest absolute Gasteiger partial charge is 0.291 e. The van der Waals surface area contributed by atoms with Crippen molar-refractivity contribution < 1.29 is 4.79 Å². The van der Waals surface area contributed by atoms with E-state index >= 15 is 0 Å². The molecule has 0 aliphatic carbocycles. The van der Waals surface area contributed by atoms with Gasteiger partial charge in [-0.1, -0.05) is 13.3 Å². The Morgan fingerprint density at radius 3 is 2.80 bits per heavy atom. The Balaban J connectivity index is 1.62. The van der Waals surface area contributed by atoms with Gasteiger partial charge in [-0.2, -0.15) is 0 Å². The molecule has 3 heterocycles. The maximum absolute atomic E-state index is 12.3. The van der Waals surface area contributed by atoms with Crippen LogP contribution in [-0.4, -0.2) is 51.9 Å². The Morgan fingerprint density at radius 2 is 2.10 bits per heavy atom. The third-order valence-electron chi connectivity index (χ3n) is 4.29. The van der Waals surface area contributed by atoms with Crippen molar-refractivity contribution in [2.45, 2.75) is 32.7 Å². The minimum absolute atomic E-state index is 0.0144. The number of carbonyl (C=O) groups excluding carboxylic acids is 1. The molecule has 5 heteroatoms. The van der Waals surface area contributed by atoms with Crippen LogP contribution in [0.3, 0.4) is 0 Å². The molecule has 2 aliphatic rings. The zero-order chi connectivity index (χ0) is 13.9. The highest BCUT2D eigenvalue weighted by atomic mass is 16.2. The number of rotatable bonds is 4. The fraction of sp³-hybridized carbons (Fsp3) is 0.667. The first-order valence-electron chi connectivity index (χ1n) is 7.60. The zero-order valence-corrected chi connectivity index (χ0v) is 12.1. The first-order valence-corrected chi connectivity index (χ1v) is 7.60. The molecule has 0 spiro atoms. The summed E-state index contributed by atoms with van der Waals surface area (Å²) in [6, 6.07) is 1.92. The van der Waals surface area contributed by atoms with Crippen LogP contribution >= 0.6 is 0 Å². The summed E-state index contributed by atoms with van der Waals surface area (Å²) >= 11 is 0. The van der Waals surface area contributed by atoms with E-state index in [1.54, 1.807) is 6.20 Å². The third kappa shape index (κ3) is 2.82. The molecule has 0 bridgehead atoms. The largest absolute Gasteiger partial charge is 0.336 e. The van der Waals surface area contributed by atoms with E-state index in [1.807, 2.05) is 11.0 Å². The average Bonchev–Trinajstić information content (AvgIpc) is 2.96. The molecule has 20 heavy (non-hydrogen) atoms. The minimum atomic E-state index is -0.0144. The number of hydrogen-bond acceptors (Lipinski definition) is 4. The van der Waals surface area contributed by atoms with Crippen LogP contribution in [-0.2, 0) is 6.54 Å². The van der Waals surface area contributed by atoms with Crippen LogP contribution in [0.4, 0.5) is 0 Å². The summed E-state index contributed by atoms with van der Waals surface area (Å²) in [5.41, 5.74) is 0.956. The van der Waals surface area contributed by atoms with Crippen LogP contribution in [0.15, 0.2) is 12.3 Å². The quantitative estimate of drug-likeness (QED) is 0.836. The van der Waals surface area contributed by atoms with E-state index in [0.717, 1.165) is 57.2 Å². The van der Waals surface area contributed by atoms with Gasteiger partial charge in [0.1, 0.15) is 0 Å². The predicted molar refractivity (Wildman–Crippen MR) is 76.2 cm³/mol. The molecule has 0 N–H and O–H groups in total. The Hall–Kier alpha value is -1.49. The van der Waals surface area contributed by atoms with E-state index in [-0.39, 0.29) is 5.91 Å². The molecular formula is C15H22N4O. The molecule has 108 valence electrons. The van der Waals surface area contributed by atoms with Gasteiger partial charge in [-0.05, 0) is 24.8 Å². The van der Waals surface area contributed by atoms with Crippen LogP contribution in [0.5, 0.6) is 0 Å². The molecule has 5 nitrogen and oxygen atoms in total. The van der Waals surface area contributed by atoms with Crippen LogP contribution in [0.25, 0.3) is 0 Å². The highest BCUT2D eigenvalue weighted by Crippen LogP contribution is 2.20. The van der Waals surface area contributed by atoms with Crippen molar-refractivity contribution in [2.75, 3.05) is 26.2 Å². The van der Waals surface area contributed by atoms with Crippen LogP contribution in [0, 0.1) is 5.92 Å². The summed E-state index contributed by atoms with van der Waals surface area (Å²) in [6.45, 7) is 7.05. The van der Waals surface area contributed by atoms with Gasteiger partial charge < -0.3 is 4.90 Å². The maximum atomic E-state index is 12.3. The Bertz CT molecular complexity index is 479. The summed E-state index contributed by atoms with van der Waals surface area (Å²) in [6.07, 6.45) is 5.15. The summed E-state index contributed by atoms with van der Waals surface area (Å²) in [4.78, 5) is 25.1. The lowest BCUT2D eigenvalue weighted by Gasteiger charge is -2.38. The first kappa shape index (κ1) is 13.5. The molecule has 1 aromatic rings. The number of carbonyl (C=O) groups is 1. The number of likely N-dealkylation sites (tertiary alicyclic amines) is 2. The van der Waals surface area contributed by atoms with Crippen molar-refractivity contribution in [1.29, 1.82) is 0 Å². The second-order valence-electron chi connectivity index (χ2n) is 5.84. The highest BCUT2D eigenvalue weighted by Gasteiger charge is 2.26. The second-order valence-corrected chi connectivity index (χ2v) is 5.84. The number of hydrogen-bond donors (Lipinski definition) is 0. The van der Waals surface area contributed by atoms with E-state index in [2.05, 4.69) is 21.8 Å². The van der Waals surface area contributed by atoms with Gasteiger partial charge in [0.25, 0.3) is 5.91 Å². The molecule has 0 aromatic carbocycles. The van der Waals surface area contributed by atoms with Crippen molar-refractivity contribution in [2.24, 2.45) is 5.92 Å². The molecular weight excluding hydrogens is 252 g/mol. The Kier molecular flexibility index (Phi) is 3.96. The van der Waals surface area contributed by atoms with Gasteiger partial charge in [0.05, 0.1) is 5.69 Å². The molecule has 2 aliphatic heterocycles. The van der Waals surface area contributed by atoms with E-state index < -0.39 is 0 Å². The standard InChI is InChI=1S/C15H22N4O/c1-2-12-9-18(10-12)11-13-5-6-16-14(17-13)15(20)19-7-3-4-8-19/h5-6,12H,2-4,7-11H2,1H3. The maximum Gasteiger partial charge on any atom is 0.291 e. The molecule has 0 unspecified atom stereocenters. The molecule has 0 radical (unpaired) electrons. The number of amides is 1. The fourth-order valence-corrected chi connectivity index (χ4v) is 2.94. The topological polar surface area (TPSA) is 49.3 Å². The van der Waals surface area contributed by atoms with Crippen LogP contribution < -0.4 is 0 Å². The number of aromatic nitrogens is 2. The van der Waals surface area contributed by atoms with E-state index in [1.165, 1.54) is 6.42 Å². The van der Waals surface area contributed by atoms with Crippen LogP contribution in [0.1, 0.15) is 42.5 Å². The van der Waals surface area contributed by atoms with Crippen molar-refractivity contribution >= 4 is 5.91 Å². The predicted octanol–water partition coefficient (Wildman–Crippen LogP) is 1.55. The molecule has 0 atom stereocenters. The van der Waals surface area contributed by atoms with Gasteiger partial charge in [0.2, 0.25) is 5.82 Å². The lowest BCUT2D eigenvalue weighted by molar-refractivity contribution is 0.0774. The second kappa shape index (κ2) is 5.87. The van der Waals surface area contributed by atoms with Crippen molar-refractivity contribution in [1.82, 2.24) is 19.8 Å². The van der Waals surface area contributed by atoms with E-state index in [4.69, 9.17) is 0 Å². The molecule has 2 saturated heterocycles. The van der Waals surface area contributed by atoms with Crippen molar-refractivity contribution in [3.05, 3.63) is 23.8 Å². The fourth-order valence-electron chi connectivity index (χ4n) is 2.94. The van der Waals surface area contributed by atoms with E-state index in [0.29, 0.717) is 5.82 Å². The molecule has 2 fully saturated rings. The van der Waals surface area contributed by atoms with Crippen LogP contribution in [0.2, 0.25) is 0 Å². The molecule has 1 aromatic heterocycles. The van der Waals surface area contributed by atoms with Crippen molar-refractivity contribution in [3.63, 3.8) is 0 Å². The normalized spacial score (nSPS) is 20.1. The lowest BCUT2D eigenvalue weighted by Crippen LogP contribution is -2.45. The summed E-state index contributed by atoms with van der Waals surface area (Å²) in [5.74, 6) is 1.18. The highest BCUT2D eigenvalue weighted by molar-refractivity contribution is 5.90. The lowest BCUT2D eigenvalue weighted by atomic mass is 9.97. The molecule has 0 saturated carbocycles. The summed E-state index contributed by atoms with van der Waals surface area (Å²) in [5, 5.41) is 0. The number of nitrogens with zero attached hydrogens (tertiary/aromatic N) is 4. The van der Waals surface area contributed by atoms with Gasteiger partial charge >= 0.3 is 0 Å². The van der Waals surface area contributed by atoms with E-state index in [9.17, 15) is 4.79 Å². The Morgan fingerprint density at radius 1 is 1.35 bits per heavy atom. The van der Waals surface area contributed by atoms with Gasteiger partial charge in [-0.3, -0.25) is 9.69 Å². The summed E-state index contributed by atoms with van der Waals surface area (Å²) < 4.78 is 0. The average molecular weight is 274 g/mol. The van der Waals surface area contributed by atoms with Crippen molar-refractivity contribution in [3.8, 4) is 0 Å². The first-order chi connectivity index (χ1) is 9.76. The van der Waals surface area contributed by atoms with Gasteiger partial charge in [0.15, 0.2) is 0 Å². The third-order valence-corrected chi connectivity index (χ3v) is 4.29. The summed E-state index contributed by atoms with van der Waals surface area (Å²) in [7, 11) is 0. The zero-order valence-electron chi connectivity index (χ0n) is 12.1. The minimum Gasteiger partial charge on any atom is -0.336 e. The Labute approximate surface area is 120 Å². The monoisotopic (exact) mass is 274 g/mol. The molecule has 1 amide bonds. The van der Waals surface area contributed by atoms with Gasteiger partial charge in [-0.15, -0.1) is 0 Å². The van der Waals surface area contributed by atoms with Gasteiger partial charge in [0, 0.05) is 38.9 Å². The SMILES string of the molecule is CCC1CN(Cc2ccnc(C(=O)N3CCCC3)n2)C1.